The molecule has 0 atom stereocenters. The lowest BCUT2D eigenvalue weighted by Crippen LogP contribution is -2.35. The maximum atomic E-state index is 13.0. The van der Waals surface area contributed by atoms with Gasteiger partial charge in [-0.05, 0) is 35.2 Å². The second-order valence-corrected chi connectivity index (χ2v) is 9.37. The third-order valence-corrected chi connectivity index (χ3v) is 6.78. The van der Waals surface area contributed by atoms with Gasteiger partial charge in [0, 0.05) is 43.6 Å². The van der Waals surface area contributed by atoms with E-state index in [-0.39, 0.29) is 5.91 Å². The Kier molecular flexibility index (Phi) is 8.03. The second-order valence-electron chi connectivity index (χ2n) is 8.04. The molecule has 0 saturated heterocycles. The Morgan fingerprint density at radius 1 is 1.06 bits per heavy atom. The molecular formula is C27H27ClN4OS. The van der Waals surface area contributed by atoms with Gasteiger partial charge in [-0.2, -0.15) is 0 Å². The molecule has 0 radical (unpaired) electrons. The Morgan fingerprint density at radius 3 is 2.47 bits per heavy atom. The molecule has 0 fully saturated rings. The van der Waals surface area contributed by atoms with E-state index in [1.807, 2.05) is 52.3 Å². The van der Waals surface area contributed by atoms with Crippen molar-refractivity contribution in [2.24, 2.45) is 0 Å². The van der Waals surface area contributed by atoms with Crippen molar-refractivity contribution < 1.29 is 4.79 Å². The van der Waals surface area contributed by atoms with Crippen molar-refractivity contribution in [2.45, 2.75) is 23.9 Å². The van der Waals surface area contributed by atoms with Crippen LogP contribution in [-0.2, 0) is 18.7 Å². The van der Waals surface area contributed by atoms with Crippen molar-refractivity contribution in [1.29, 1.82) is 0 Å². The molecule has 2 aromatic carbocycles. The summed E-state index contributed by atoms with van der Waals surface area (Å²) in [6, 6.07) is 17.9. The Hall–Kier alpha value is -3.09. The number of halogens is 1. The van der Waals surface area contributed by atoms with Crippen molar-refractivity contribution in [3.05, 3.63) is 107 Å². The molecule has 0 spiro atoms. The first-order chi connectivity index (χ1) is 16.6. The number of hydrogen-bond acceptors (Lipinski definition) is 5. The number of fused-ring (bicyclic) bond motifs is 1. The van der Waals surface area contributed by atoms with Gasteiger partial charge in [-0.25, -0.2) is 9.97 Å². The predicted octanol–water partition coefficient (Wildman–Crippen LogP) is 5.80. The van der Waals surface area contributed by atoms with Crippen LogP contribution in [-0.4, -0.2) is 40.4 Å². The number of nitrogens with zero attached hydrogens (tertiary/aromatic N) is 4. The number of thioether (sulfide) groups is 1. The fourth-order valence-corrected chi connectivity index (χ4v) is 4.97. The van der Waals surface area contributed by atoms with Gasteiger partial charge in [0.25, 0.3) is 5.91 Å². The number of carbonyl (C=O) groups excluding carboxylic acids is 1. The fourth-order valence-electron chi connectivity index (χ4n) is 3.93. The molecule has 5 nitrogen and oxygen atoms in total. The molecule has 2 heterocycles. The monoisotopic (exact) mass is 490 g/mol. The number of amides is 1. The lowest BCUT2D eigenvalue weighted by Gasteiger charge is -2.29. The molecule has 174 valence electrons. The summed E-state index contributed by atoms with van der Waals surface area (Å²) >= 11 is 7.76. The third kappa shape index (κ3) is 5.88. The molecule has 0 unspecified atom stereocenters. The van der Waals surface area contributed by atoms with E-state index in [1.54, 1.807) is 6.07 Å². The van der Waals surface area contributed by atoms with E-state index in [2.05, 4.69) is 41.3 Å². The van der Waals surface area contributed by atoms with Crippen LogP contribution in [0, 0.1) is 0 Å². The smallest absolute Gasteiger partial charge is 0.254 e. The molecule has 0 saturated carbocycles. The van der Waals surface area contributed by atoms with Crippen LogP contribution in [0.1, 0.15) is 27.0 Å². The number of aromatic nitrogens is 2. The van der Waals surface area contributed by atoms with E-state index in [4.69, 9.17) is 11.6 Å². The predicted molar refractivity (Wildman–Crippen MR) is 141 cm³/mol. The molecule has 0 bridgehead atoms. The van der Waals surface area contributed by atoms with Crippen LogP contribution in [0.3, 0.4) is 0 Å². The average molecular weight is 491 g/mol. The standard InChI is InChI=1S/C27H27ClN4OS/c1-3-14-31(15-4-2)25-17-24(28)29-27(30-25)34-19-20-9-11-22(12-10-20)26(33)32-16-13-21-7-5-6-8-23(21)18-32/h3-12,17H,1-2,13-16,18-19H2. The number of anilines is 1. The van der Waals surface area contributed by atoms with E-state index in [0.717, 1.165) is 24.3 Å². The van der Waals surface area contributed by atoms with Crippen LogP contribution >= 0.6 is 23.4 Å². The normalized spacial score (nSPS) is 12.7. The van der Waals surface area contributed by atoms with Gasteiger partial charge in [0.05, 0.1) is 0 Å². The molecule has 1 amide bonds. The first-order valence-corrected chi connectivity index (χ1v) is 12.5. The van der Waals surface area contributed by atoms with Gasteiger partial charge >= 0.3 is 0 Å². The van der Waals surface area contributed by atoms with Gasteiger partial charge in [-0.15, -0.1) is 13.2 Å². The highest BCUT2D eigenvalue weighted by Crippen LogP contribution is 2.25. The van der Waals surface area contributed by atoms with Crippen LogP contribution in [0.5, 0.6) is 0 Å². The van der Waals surface area contributed by atoms with Crippen molar-refractivity contribution in [3.8, 4) is 0 Å². The molecule has 4 rings (SSSR count). The molecule has 34 heavy (non-hydrogen) atoms. The maximum Gasteiger partial charge on any atom is 0.254 e. The van der Waals surface area contributed by atoms with Crippen LogP contribution in [0.4, 0.5) is 5.82 Å². The summed E-state index contributed by atoms with van der Waals surface area (Å²) in [5.41, 5.74) is 4.36. The highest BCUT2D eigenvalue weighted by molar-refractivity contribution is 7.98. The van der Waals surface area contributed by atoms with Gasteiger partial charge in [0.2, 0.25) is 0 Å². The summed E-state index contributed by atoms with van der Waals surface area (Å²) in [7, 11) is 0. The van der Waals surface area contributed by atoms with Gasteiger partial charge < -0.3 is 9.80 Å². The second kappa shape index (κ2) is 11.4. The summed E-state index contributed by atoms with van der Waals surface area (Å²) in [6.07, 6.45) is 4.53. The topological polar surface area (TPSA) is 49.3 Å². The maximum absolute atomic E-state index is 13.0. The molecule has 0 N–H and O–H groups in total. The van der Waals surface area contributed by atoms with Crippen LogP contribution in [0.2, 0.25) is 5.15 Å². The van der Waals surface area contributed by atoms with Crippen LogP contribution < -0.4 is 4.90 Å². The van der Waals surface area contributed by atoms with Gasteiger partial charge in [-0.1, -0.05) is 71.9 Å². The van der Waals surface area contributed by atoms with Crippen molar-refractivity contribution in [2.75, 3.05) is 24.5 Å². The Morgan fingerprint density at radius 2 is 1.76 bits per heavy atom. The summed E-state index contributed by atoms with van der Waals surface area (Å²) in [5.74, 6) is 1.49. The number of hydrogen-bond donors (Lipinski definition) is 0. The van der Waals surface area contributed by atoms with Crippen LogP contribution in [0.25, 0.3) is 0 Å². The van der Waals surface area contributed by atoms with Crippen molar-refractivity contribution in [1.82, 2.24) is 14.9 Å². The third-order valence-electron chi connectivity index (χ3n) is 5.67. The Balaban J connectivity index is 1.39. The minimum Gasteiger partial charge on any atom is -0.349 e. The zero-order valence-corrected chi connectivity index (χ0v) is 20.6. The van der Waals surface area contributed by atoms with Crippen LogP contribution in [0.15, 0.2) is 85.1 Å². The lowest BCUT2D eigenvalue weighted by molar-refractivity contribution is 0.0734. The fraction of sp³-hybridized carbons (Fsp3) is 0.222. The van der Waals surface area contributed by atoms with Crippen molar-refractivity contribution >= 4 is 35.1 Å². The zero-order chi connectivity index (χ0) is 23.9. The zero-order valence-electron chi connectivity index (χ0n) is 19.0. The highest BCUT2D eigenvalue weighted by atomic mass is 35.5. The van der Waals surface area contributed by atoms with Crippen molar-refractivity contribution in [3.63, 3.8) is 0 Å². The summed E-state index contributed by atoms with van der Waals surface area (Å²) in [5, 5.41) is 1.00. The van der Waals surface area contributed by atoms with E-state index in [1.165, 1.54) is 22.9 Å². The first-order valence-electron chi connectivity index (χ1n) is 11.2. The van der Waals surface area contributed by atoms with E-state index in [0.29, 0.717) is 41.3 Å². The van der Waals surface area contributed by atoms with E-state index in [9.17, 15) is 4.79 Å². The molecule has 3 aromatic rings. The summed E-state index contributed by atoms with van der Waals surface area (Å²) in [4.78, 5) is 26.0. The quantitative estimate of drug-likeness (QED) is 0.164. The first kappa shape index (κ1) is 24.0. The Labute approximate surface area is 210 Å². The van der Waals surface area contributed by atoms with Gasteiger partial charge in [-0.3, -0.25) is 4.79 Å². The minimum absolute atomic E-state index is 0.0704. The Bertz CT molecular complexity index is 1170. The summed E-state index contributed by atoms with van der Waals surface area (Å²) < 4.78 is 0. The summed E-state index contributed by atoms with van der Waals surface area (Å²) in [6.45, 7) is 10.3. The van der Waals surface area contributed by atoms with Gasteiger partial charge in [0.1, 0.15) is 11.0 Å². The van der Waals surface area contributed by atoms with E-state index >= 15 is 0 Å². The highest BCUT2D eigenvalue weighted by Gasteiger charge is 2.21. The number of rotatable bonds is 9. The van der Waals surface area contributed by atoms with Gasteiger partial charge in [0.15, 0.2) is 5.16 Å². The molecule has 1 aromatic heterocycles. The SMILES string of the molecule is C=CCN(CC=C)c1cc(Cl)nc(SCc2ccc(C(=O)N3CCc4ccccc4C3)cc2)n1. The molecule has 0 aliphatic carbocycles. The lowest BCUT2D eigenvalue weighted by atomic mass is 9.99. The molecule has 7 heteroatoms. The molecule has 1 aliphatic rings. The number of benzene rings is 2. The minimum atomic E-state index is 0.0704. The van der Waals surface area contributed by atoms with E-state index < -0.39 is 0 Å². The molecule has 1 aliphatic heterocycles. The largest absolute Gasteiger partial charge is 0.349 e. The molecular weight excluding hydrogens is 464 g/mol. The number of carbonyl (C=O) groups is 1. The average Bonchev–Trinajstić information content (AvgIpc) is 2.86.